The lowest BCUT2D eigenvalue weighted by Gasteiger charge is -2.27. The number of ether oxygens (including phenoxy) is 2. The van der Waals surface area contributed by atoms with Gasteiger partial charge in [-0.2, -0.15) is 0 Å². The highest BCUT2D eigenvalue weighted by molar-refractivity contribution is 5.79. The third-order valence-corrected chi connectivity index (χ3v) is 5.40. The maximum atomic E-state index is 5.85. The summed E-state index contributed by atoms with van der Waals surface area (Å²) in [6.45, 7) is 11.5. The van der Waals surface area contributed by atoms with Gasteiger partial charge in [-0.05, 0) is 30.5 Å². The van der Waals surface area contributed by atoms with E-state index >= 15 is 0 Å². The number of aliphatic imine (C=N–C) groups is 1. The molecule has 0 amide bonds. The van der Waals surface area contributed by atoms with Crippen LogP contribution >= 0.6 is 0 Å². The average Bonchev–Trinajstić information content (AvgIpc) is 2.83. The first-order valence-corrected chi connectivity index (χ1v) is 11.8. The number of unbranched alkanes of at least 4 members (excludes halogenated alkanes) is 1. The molecule has 0 radical (unpaired) electrons. The van der Waals surface area contributed by atoms with Crippen LogP contribution < -0.4 is 15.4 Å². The number of morpholine rings is 1. The molecule has 0 spiro atoms. The normalized spacial score (nSPS) is 14.9. The van der Waals surface area contributed by atoms with Gasteiger partial charge in [0, 0.05) is 44.5 Å². The Hall–Kier alpha value is -2.64. The monoisotopic (exact) mass is 439 g/mol. The van der Waals surface area contributed by atoms with Crippen molar-refractivity contribution in [1.29, 1.82) is 0 Å². The Morgan fingerprint density at radius 1 is 1.06 bits per heavy atom. The molecule has 32 heavy (non-hydrogen) atoms. The number of rotatable bonds is 11. The number of nitrogens with zero attached hydrogens (tertiary/aromatic N) is 3. The number of hydrogen-bond donors (Lipinski definition) is 2. The summed E-state index contributed by atoms with van der Waals surface area (Å²) in [6, 6.07) is 12.6. The van der Waals surface area contributed by atoms with E-state index in [-0.39, 0.29) is 0 Å². The molecule has 1 saturated heterocycles. The first-order valence-electron chi connectivity index (χ1n) is 11.8. The molecule has 1 aliphatic rings. The van der Waals surface area contributed by atoms with Gasteiger partial charge in [0.15, 0.2) is 5.96 Å². The summed E-state index contributed by atoms with van der Waals surface area (Å²) in [6.07, 6.45) is 3.89. The van der Waals surface area contributed by atoms with E-state index < -0.39 is 0 Å². The molecule has 174 valence electrons. The highest BCUT2D eigenvalue weighted by Crippen LogP contribution is 2.16. The van der Waals surface area contributed by atoms with Crippen molar-refractivity contribution in [2.45, 2.75) is 46.3 Å². The Labute approximate surface area is 192 Å². The van der Waals surface area contributed by atoms with Crippen molar-refractivity contribution in [3.63, 3.8) is 0 Å². The average molecular weight is 440 g/mol. The predicted octanol–water partition coefficient (Wildman–Crippen LogP) is 3.35. The van der Waals surface area contributed by atoms with Gasteiger partial charge in [-0.3, -0.25) is 4.90 Å². The standard InChI is InChI=1S/C25H37N5O2/c1-3-5-15-32-24-22(11-8-12-27-24)19-29-25(26-4-2)28-18-21-9-6-7-10-23(21)20-30-13-16-31-17-14-30/h6-12H,3-5,13-20H2,1-2H3,(H2,26,28,29). The molecule has 1 aliphatic heterocycles. The quantitative estimate of drug-likeness (QED) is 0.318. The number of hydrogen-bond acceptors (Lipinski definition) is 5. The van der Waals surface area contributed by atoms with Crippen molar-refractivity contribution in [1.82, 2.24) is 20.5 Å². The summed E-state index contributed by atoms with van der Waals surface area (Å²) < 4.78 is 11.3. The molecule has 0 atom stereocenters. The van der Waals surface area contributed by atoms with Crippen molar-refractivity contribution in [3.8, 4) is 5.88 Å². The fraction of sp³-hybridized carbons (Fsp3) is 0.520. The molecule has 2 N–H and O–H groups in total. The molecule has 7 heteroatoms. The van der Waals surface area contributed by atoms with Gasteiger partial charge in [-0.15, -0.1) is 0 Å². The van der Waals surface area contributed by atoms with Crippen molar-refractivity contribution in [2.24, 2.45) is 4.99 Å². The summed E-state index contributed by atoms with van der Waals surface area (Å²) in [7, 11) is 0. The maximum absolute atomic E-state index is 5.85. The number of pyridine rings is 1. The van der Waals surface area contributed by atoms with Gasteiger partial charge in [0.1, 0.15) is 0 Å². The minimum Gasteiger partial charge on any atom is -0.477 e. The molecule has 2 aromatic rings. The van der Waals surface area contributed by atoms with Crippen molar-refractivity contribution < 1.29 is 9.47 Å². The fourth-order valence-corrected chi connectivity index (χ4v) is 3.56. The van der Waals surface area contributed by atoms with Crippen molar-refractivity contribution >= 4 is 5.96 Å². The SMILES string of the molecule is CCCCOc1ncccc1CN=C(NCC)NCc1ccccc1CN1CCOCC1. The van der Waals surface area contributed by atoms with Gasteiger partial charge >= 0.3 is 0 Å². The van der Waals surface area contributed by atoms with Crippen LogP contribution in [0.2, 0.25) is 0 Å². The van der Waals surface area contributed by atoms with Crippen molar-refractivity contribution in [2.75, 3.05) is 39.5 Å². The lowest BCUT2D eigenvalue weighted by atomic mass is 10.1. The summed E-state index contributed by atoms with van der Waals surface area (Å²) in [5.74, 6) is 1.47. The van der Waals surface area contributed by atoms with E-state index in [1.807, 2.05) is 12.1 Å². The van der Waals surface area contributed by atoms with Crippen LogP contribution in [0.5, 0.6) is 5.88 Å². The van der Waals surface area contributed by atoms with E-state index in [1.54, 1.807) is 6.20 Å². The van der Waals surface area contributed by atoms with Gasteiger partial charge in [0.05, 0.1) is 26.4 Å². The van der Waals surface area contributed by atoms with E-state index in [0.29, 0.717) is 19.0 Å². The smallest absolute Gasteiger partial charge is 0.218 e. The zero-order valence-electron chi connectivity index (χ0n) is 19.5. The highest BCUT2D eigenvalue weighted by atomic mass is 16.5. The topological polar surface area (TPSA) is 71.0 Å². The van der Waals surface area contributed by atoms with Crippen LogP contribution in [0.25, 0.3) is 0 Å². The Morgan fingerprint density at radius 3 is 2.62 bits per heavy atom. The lowest BCUT2D eigenvalue weighted by Crippen LogP contribution is -2.38. The molecule has 0 saturated carbocycles. The van der Waals surface area contributed by atoms with Gasteiger partial charge in [-0.25, -0.2) is 9.98 Å². The molecule has 7 nitrogen and oxygen atoms in total. The molecule has 0 unspecified atom stereocenters. The number of aromatic nitrogens is 1. The second kappa shape index (κ2) is 13.7. The number of nitrogens with one attached hydrogen (secondary N) is 2. The zero-order chi connectivity index (χ0) is 22.4. The number of benzene rings is 1. The molecule has 0 aliphatic carbocycles. The maximum Gasteiger partial charge on any atom is 0.218 e. The summed E-state index contributed by atoms with van der Waals surface area (Å²) >= 11 is 0. The molecular formula is C25H37N5O2. The molecule has 0 bridgehead atoms. The molecule has 2 heterocycles. The van der Waals surface area contributed by atoms with Crippen LogP contribution in [0, 0.1) is 0 Å². The van der Waals surface area contributed by atoms with Gasteiger partial charge in [0.2, 0.25) is 5.88 Å². The second-order valence-electron chi connectivity index (χ2n) is 7.88. The van der Waals surface area contributed by atoms with Gasteiger partial charge < -0.3 is 20.1 Å². The van der Waals surface area contributed by atoms with Crippen LogP contribution in [0.15, 0.2) is 47.6 Å². The van der Waals surface area contributed by atoms with Crippen LogP contribution in [0.3, 0.4) is 0 Å². The van der Waals surface area contributed by atoms with E-state index in [4.69, 9.17) is 14.5 Å². The summed E-state index contributed by atoms with van der Waals surface area (Å²) in [4.78, 5) is 11.6. The van der Waals surface area contributed by atoms with E-state index in [9.17, 15) is 0 Å². The Balaban J connectivity index is 1.62. The van der Waals surface area contributed by atoms with E-state index in [1.165, 1.54) is 11.1 Å². The Morgan fingerprint density at radius 2 is 1.84 bits per heavy atom. The molecule has 1 fully saturated rings. The lowest BCUT2D eigenvalue weighted by molar-refractivity contribution is 0.0341. The minimum atomic E-state index is 0.514. The number of guanidine groups is 1. The summed E-state index contributed by atoms with van der Waals surface area (Å²) in [5.41, 5.74) is 3.62. The Bertz CT molecular complexity index is 837. The van der Waals surface area contributed by atoms with Gasteiger partial charge in [0.25, 0.3) is 0 Å². The molecule has 1 aromatic heterocycles. The highest BCUT2D eigenvalue weighted by Gasteiger charge is 2.13. The van der Waals surface area contributed by atoms with Gasteiger partial charge in [-0.1, -0.05) is 43.7 Å². The second-order valence-corrected chi connectivity index (χ2v) is 7.88. The van der Waals surface area contributed by atoms with Crippen LogP contribution in [-0.4, -0.2) is 55.3 Å². The summed E-state index contributed by atoms with van der Waals surface area (Å²) in [5, 5.41) is 6.84. The fourth-order valence-electron chi connectivity index (χ4n) is 3.56. The largest absolute Gasteiger partial charge is 0.477 e. The van der Waals surface area contributed by atoms with Crippen LogP contribution in [-0.2, 0) is 24.4 Å². The first kappa shape index (κ1) is 24.0. The van der Waals surface area contributed by atoms with E-state index in [0.717, 1.165) is 70.3 Å². The first-order chi connectivity index (χ1) is 15.8. The van der Waals surface area contributed by atoms with Crippen LogP contribution in [0.1, 0.15) is 43.4 Å². The molecule has 1 aromatic carbocycles. The van der Waals surface area contributed by atoms with Crippen molar-refractivity contribution in [3.05, 3.63) is 59.3 Å². The zero-order valence-corrected chi connectivity index (χ0v) is 19.5. The molecule has 3 rings (SSSR count). The Kier molecular flexibility index (Phi) is 10.3. The predicted molar refractivity (Wildman–Crippen MR) is 129 cm³/mol. The molecular weight excluding hydrogens is 402 g/mol. The minimum absolute atomic E-state index is 0.514. The third kappa shape index (κ3) is 7.80. The van der Waals surface area contributed by atoms with Crippen LogP contribution in [0.4, 0.5) is 0 Å². The van der Waals surface area contributed by atoms with E-state index in [2.05, 4.69) is 58.6 Å². The third-order valence-electron chi connectivity index (χ3n) is 5.40.